The van der Waals surface area contributed by atoms with Crippen LogP contribution in [-0.4, -0.2) is 21.5 Å². The van der Waals surface area contributed by atoms with E-state index in [0.29, 0.717) is 5.92 Å². The van der Waals surface area contributed by atoms with Gasteiger partial charge in [-0.15, -0.1) is 12.4 Å². The predicted molar refractivity (Wildman–Crippen MR) is 89.6 cm³/mol. The van der Waals surface area contributed by atoms with Gasteiger partial charge in [0.1, 0.15) is 11.4 Å². The van der Waals surface area contributed by atoms with Gasteiger partial charge in [-0.3, -0.25) is 0 Å². The summed E-state index contributed by atoms with van der Waals surface area (Å²) in [5.41, 5.74) is 3.13. The average molecular weight is 309 g/mol. The first kappa shape index (κ1) is 17.7. The summed E-state index contributed by atoms with van der Waals surface area (Å²) < 4.78 is 0. The Labute approximate surface area is 133 Å². The number of halogens is 1. The maximum Gasteiger partial charge on any atom is 0.117 e. The van der Waals surface area contributed by atoms with E-state index in [0.717, 1.165) is 30.0 Å². The fraction of sp³-hybridized carbons (Fsp3) is 0.500. The van der Waals surface area contributed by atoms with Crippen molar-refractivity contribution in [1.29, 1.82) is 0 Å². The van der Waals surface area contributed by atoms with Crippen molar-refractivity contribution < 1.29 is 0 Å². The van der Waals surface area contributed by atoms with Gasteiger partial charge in [0.15, 0.2) is 0 Å². The van der Waals surface area contributed by atoms with Crippen LogP contribution in [-0.2, 0) is 6.54 Å². The molecule has 5 heteroatoms. The SMILES string of the molecule is CC(C)CNCc1nn(C(C)C)nc1-c1ccccc1.Cl. The Kier molecular flexibility index (Phi) is 6.85. The van der Waals surface area contributed by atoms with Crippen LogP contribution in [0.1, 0.15) is 39.4 Å². The summed E-state index contributed by atoms with van der Waals surface area (Å²) in [4.78, 5) is 1.80. The van der Waals surface area contributed by atoms with Crippen molar-refractivity contribution in [2.45, 2.75) is 40.3 Å². The highest BCUT2D eigenvalue weighted by atomic mass is 35.5. The Balaban J connectivity index is 0.00000220. The van der Waals surface area contributed by atoms with Crippen LogP contribution in [0.3, 0.4) is 0 Å². The summed E-state index contributed by atoms with van der Waals surface area (Å²) in [6, 6.07) is 10.5. The summed E-state index contributed by atoms with van der Waals surface area (Å²) in [5, 5.41) is 12.7. The van der Waals surface area contributed by atoms with Crippen LogP contribution in [0.25, 0.3) is 11.3 Å². The molecule has 1 aromatic heterocycles. The minimum absolute atomic E-state index is 0. The van der Waals surface area contributed by atoms with Crippen LogP contribution >= 0.6 is 12.4 Å². The normalized spacial score (nSPS) is 11.0. The molecule has 0 bridgehead atoms. The van der Waals surface area contributed by atoms with Gasteiger partial charge in [-0.2, -0.15) is 15.0 Å². The number of rotatable bonds is 6. The maximum atomic E-state index is 4.64. The van der Waals surface area contributed by atoms with Crippen LogP contribution < -0.4 is 5.32 Å². The lowest BCUT2D eigenvalue weighted by molar-refractivity contribution is 0.460. The van der Waals surface area contributed by atoms with Crippen molar-refractivity contribution in [3.05, 3.63) is 36.0 Å². The van der Waals surface area contributed by atoms with Gasteiger partial charge in [0.2, 0.25) is 0 Å². The molecule has 0 spiro atoms. The smallest absolute Gasteiger partial charge is 0.117 e. The molecule has 2 rings (SSSR count). The molecule has 0 aliphatic heterocycles. The van der Waals surface area contributed by atoms with Crippen LogP contribution in [0.2, 0.25) is 0 Å². The number of hydrogen-bond acceptors (Lipinski definition) is 3. The molecule has 1 N–H and O–H groups in total. The topological polar surface area (TPSA) is 42.7 Å². The van der Waals surface area contributed by atoms with E-state index in [1.807, 2.05) is 18.2 Å². The molecule has 21 heavy (non-hydrogen) atoms. The third kappa shape index (κ3) is 4.83. The summed E-state index contributed by atoms with van der Waals surface area (Å²) in [6.45, 7) is 10.4. The lowest BCUT2D eigenvalue weighted by atomic mass is 10.1. The summed E-state index contributed by atoms with van der Waals surface area (Å²) in [7, 11) is 0. The van der Waals surface area contributed by atoms with Crippen LogP contribution in [0.4, 0.5) is 0 Å². The fourth-order valence-electron chi connectivity index (χ4n) is 2.00. The highest BCUT2D eigenvalue weighted by Crippen LogP contribution is 2.21. The Morgan fingerprint density at radius 2 is 1.71 bits per heavy atom. The first-order valence-corrected chi connectivity index (χ1v) is 7.29. The molecule has 0 radical (unpaired) electrons. The molecule has 0 unspecified atom stereocenters. The van der Waals surface area contributed by atoms with Gasteiger partial charge in [0, 0.05) is 12.1 Å². The van der Waals surface area contributed by atoms with Gasteiger partial charge in [0.05, 0.1) is 6.04 Å². The molecule has 0 aliphatic rings. The molecule has 4 nitrogen and oxygen atoms in total. The Morgan fingerprint density at radius 3 is 2.29 bits per heavy atom. The van der Waals surface area contributed by atoms with E-state index in [1.165, 1.54) is 0 Å². The number of aromatic nitrogens is 3. The Morgan fingerprint density at radius 1 is 1.05 bits per heavy atom. The maximum absolute atomic E-state index is 4.64. The second-order valence-electron chi connectivity index (χ2n) is 5.80. The zero-order valence-electron chi connectivity index (χ0n) is 13.2. The van der Waals surface area contributed by atoms with E-state index >= 15 is 0 Å². The first-order valence-electron chi connectivity index (χ1n) is 7.29. The molecule has 2 aromatic rings. The lowest BCUT2D eigenvalue weighted by Crippen LogP contribution is -2.19. The molecule has 0 saturated heterocycles. The second-order valence-corrected chi connectivity index (χ2v) is 5.80. The summed E-state index contributed by atoms with van der Waals surface area (Å²) in [5.74, 6) is 0.635. The zero-order valence-corrected chi connectivity index (χ0v) is 14.0. The van der Waals surface area contributed by atoms with E-state index in [9.17, 15) is 0 Å². The summed E-state index contributed by atoms with van der Waals surface area (Å²) in [6.07, 6.45) is 0. The molecule has 0 aliphatic carbocycles. The Bertz CT molecular complexity index is 534. The van der Waals surface area contributed by atoms with Crippen molar-refractivity contribution in [2.75, 3.05) is 6.54 Å². The fourth-order valence-corrected chi connectivity index (χ4v) is 2.00. The van der Waals surface area contributed by atoms with Gasteiger partial charge in [-0.1, -0.05) is 44.2 Å². The molecule has 0 amide bonds. The monoisotopic (exact) mass is 308 g/mol. The van der Waals surface area contributed by atoms with Crippen molar-refractivity contribution in [3.8, 4) is 11.3 Å². The van der Waals surface area contributed by atoms with Gasteiger partial charge >= 0.3 is 0 Å². The minimum atomic E-state index is 0. The van der Waals surface area contributed by atoms with E-state index in [4.69, 9.17) is 0 Å². The van der Waals surface area contributed by atoms with Gasteiger partial charge in [-0.25, -0.2) is 0 Å². The third-order valence-electron chi connectivity index (χ3n) is 3.05. The number of hydrogen-bond donors (Lipinski definition) is 1. The van der Waals surface area contributed by atoms with E-state index in [2.05, 4.69) is 55.3 Å². The number of benzene rings is 1. The first-order chi connectivity index (χ1) is 9.58. The zero-order chi connectivity index (χ0) is 14.5. The molecule has 0 atom stereocenters. The second kappa shape index (κ2) is 8.15. The quantitative estimate of drug-likeness (QED) is 0.885. The van der Waals surface area contributed by atoms with Gasteiger partial charge < -0.3 is 5.32 Å². The number of nitrogens with zero attached hydrogens (tertiary/aromatic N) is 3. The van der Waals surface area contributed by atoms with Crippen molar-refractivity contribution in [2.24, 2.45) is 5.92 Å². The van der Waals surface area contributed by atoms with Crippen LogP contribution in [0.15, 0.2) is 30.3 Å². The highest BCUT2D eigenvalue weighted by Gasteiger charge is 2.14. The van der Waals surface area contributed by atoms with Gasteiger partial charge in [0.25, 0.3) is 0 Å². The van der Waals surface area contributed by atoms with Crippen LogP contribution in [0.5, 0.6) is 0 Å². The molecular formula is C16H25ClN4. The van der Waals surface area contributed by atoms with Crippen molar-refractivity contribution in [1.82, 2.24) is 20.3 Å². The minimum Gasteiger partial charge on any atom is -0.311 e. The van der Waals surface area contributed by atoms with Crippen molar-refractivity contribution in [3.63, 3.8) is 0 Å². The molecule has 116 valence electrons. The summed E-state index contributed by atoms with van der Waals surface area (Å²) >= 11 is 0. The van der Waals surface area contributed by atoms with E-state index in [-0.39, 0.29) is 18.4 Å². The molecule has 1 aromatic carbocycles. The van der Waals surface area contributed by atoms with E-state index in [1.54, 1.807) is 4.80 Å². The lowest BCUT2D eigenvalue weighted by Gasteiger charge is -2.06. The van der Waals surface area contributed by atoms with E-state index < -0.39 is 0 Å². The molecule has 0 fully saturated rings. The Hall–Kier alpha value is -1.39. The van der Waals surface area contributed by atoms with Crippen LogP contribution in [0, 0.1) is 5.92 Å². The third-order valence-corrected chi connectivity index (χ3v) is 3.05. The average Bonchev–Trinajstić information content (AvgIpc) is 2.84. The molecular weight excluding hydrogens is 284 g/mol. The predicted octanol–water partition coefficient (Wildman–Crippen LogP) is 3.69. The van der Waals surface area contributed by atoms with Gasteiger partial charge in [-0.05, 0) is 26.3 Å². The molecule has 1 heterocycles. The standard InChI is InChI=1S/C16H24N4.ClH/c1-12(2)10-17-11-15-16(14-8-6-5-7-9-14)19-20(18-15)13(3)4;/h5-9,12-13,17H,10-11H2,1-4H3;1H. The largest absolute Gasteiger partial charge is 0.311 e. The number of nitrogens with one attached hydrogen (secondary N) is 1. The highest BCUT2D eigenvalue weighted by molar-refractivity contribution is 5.85. The van der Waals surface area contributed by atoms with Crippen molar-refractivity contribution >= 4 is 12.4 Å². The molecule has 0 saturated carbocycles.